The summed E-state index contributed by atoms with van der Waals surface area (Å²) in [7, 11) is 0. The molecule has 0 saturated carbocycles. The Morgan fingerprint density at radius 3 is 3.38 bits per heavy atom. The Bertz CT molecular complexity index is 354. The minimum Gasteiger partial charge on any atom is -0.409 e. The van der Waals surface area contributed by atoms with Gasteiger partial charge in [-0.1, -0.05) is 5.16 Å². The summed E-state index contributed by atoms with van der Waals surface area (Å²) in [6.07, 6.45) is 1.55. The molecule has 0 bridgehead atoms. The minimum atomic E-state index is -0.313. The van der Waals surface area contributed by atoms with Gasteiger partial charge in [0, 0.05) is 30.7 Å². The SMILES string of the molecule is NC(=NO)C1CN(Cc2cncs2)CCO1. The molecule has 2 rings (SSSR count). The summed E-state index contributed by atoms with van der Waals surface area (Å²) >= 11 is 1.63. The van der Waals surface area contributed by atoms with Gasteiger partial charge in [-0.2, -0.15) is 0 Å². The fraction of sp³-hybridized carbons (Fsp3) is 0.556. The highest BCUT2D eigenvalue weighted by Crippen LogP contribution is 2.13. The molecule has 1 unspecified atom stereocenters. The zero-order valence-corrected chi connectivity index (χ0v) is 9.56. The summed E-state index contributed by atoms with van der Waals surface area (Å²) in [6.45, 7) is 2.93. The molecule has 6 nitrogen and oxygen atoms in total. The van der Waals surface area contributed by atoms with E-state index in [1.807, 2.05) is 11.7 Å². The van der Waals surface area contributed by atoms with E-state index in [0.29, 0.717) is 13.2 Å². The first-order valence-electron chi connectivity index (χ1n) is 4.98. The fourth-order valence-electron chi connectivity index (χ4n) is 1.63. The van der Waals surface area contributed by atoms with Crippen LogP contribution in [0.2, 0.25) is 0 Å². The van der Waals surface area contributed by atoms with Gasteiger partial charge in [0.2, 0.25) is 0 Å². The van der Waals surface area contributed by atoms with Gasteiger partial charge in [-0.25, -0.2) is 0 Å². The number of amidine groups is 1. The highest BCUT2D eigenvalue weighted by molar-refractivity contribution is 7.09. The highest BCUT2D eigenvalue weighted by atomic mass is 32.1. The van der Waals surface area contributed by atoms with Crippen LogP contribution in [0.5, 0.6) is 0 Å². The topological polar surface area (TPSA) is 84.0 Å². The maximum absolute atomic E-state index is 8.59. The van der Waals surface area contributed by atoms with Crippen molar-refractivity contribution in [2.24, 2.45) is 10.9 Å². The smallest absolute Gasteiger partial charge is 0.169 e. The van der Waals surface area contributed by atoms with E-state index in [4.69, 9.17) is 15.7 Å². The number of hydrogen-bond donors (Lipinski definition) is 2. The summed E-state index contributed by atoms with van der Waals surface area (Å²) in [5, 5.41) is 11.6. The van der Waals surface area contributed by atoms with Crippen LogP contribution in [0, 0.1) is 0 Å². The number of hydrogen-bond acceptors (Lipinski definition) is 6. The zero-order chi connectivity index (χ0) is 11.4. The third-order valence-corrected chi connectivity index (χ3v) is 3.22. The molecule has 1 aromatic heterocycles. The van der Waals surface area contributed by atoms with Gasteiger partial charge in [-0.3, -0.25) is 9.88 Å². The molecule has 0 aromatic carbocycles. The molecule has 1 aliphatic heterocycles. The average molecular weight is 242 g/mol. The molecular weight excluding hydrogens is 228 g/mol. The zero-order valence-electron chi connectivity index (χ0n) is 8.74. The van der Waals surface area contributed by atoms with Crippen LogP contribution in [0.1, 0.15) is 4.88 Å². The van der Waals surface area contributed by atoms with Crippen molar-refractivity contribution >= 4 is 17.2 Å². The summed E-state index contributed by atoms with van der Waals surface area (Å²) < 4.78 is 5.41. The largest absolute Gasteiger partial charge is 0.409 e. The Kier molecular flexibility index (Phi) is 3.70. The Morgan fingerprint density at radius 1 is 1.81 bits per heavy atom. The number of morpholine rings is 1. The van der Waals surface area contributed by atoms with Gasteiger partial charge in [-0.15, -0.1) is 11.3 Å². The second-order valence-electron chi connectivity index (χ2n) is 3.59. The number of nitrogens with zero attached hydrogens (tertiary/aromatic N) is 3. The Morgan fingerprint density at radius 2 is 2.69 bits per heavy atom. The third-order valence-electron chi connectivity index (χ3n) is 2.46. The van der Waals surface area contributed by atoms with Crippen molar-refractivity contribution in [1.29, 1.82) is 0 Å². The van der Waals surface area contributed by atoms with Crippen LogP contribution in [0.3, 0.4) is 0 Å². The van der Waals surface area contributed by atoms with Crippen LogP contribution in [0.25, 0.3) is 0 Å². The molecule has 3 N–H and O–H groups in total. The summed E-state index contributed by atoms with van der Waals surface area (Å²) in [6, 6.07) is 0. The molecule has 1 aliphatic rings. The molecule has 7 heteroatoms. The van der Waals surface area contributed by atoms with Crippen LogP contribution in [-0.4, -0.2) is 46.7 Å². The lowest BCUT2D eigenvalue weighted by Gasteiger charge is -2.31. The molecule has 1 fully saturated rings. The lowest BCUT2D eigenvalue weighted by Crippen LogP contribution is -2.47. The Labute approximate surface area is 97.3 Å². The molecule has 16 heavy (non-hydrogen) atoms. The van der Waals surface area contributed by atoms with Crippen molar-refractivity contribution in [3.63, 3.8) is 0 Å². The van der Waals surface area contributed by atoms with E-state index < -0.39 is 0 Å². The number of aromatic nitrogens is 1. The molecule has 88 valence electrons. The van der Waals surface area contributed by atoms with Gasteiger partial charge in [0.25, 0.3) is 0 Å². The van der Waals surface area contributed by atoms with E-state index in [9.17, 15) is 0 Å². The maximum atomic E-state index is 8.59. The van der Waals surface area contributed by atoms with Crippen LogP contribution < -0.4 is 5.73 Å². The van der Waals surface area contributed by atoms with Gasteiger partial charge >= 0.3 is 0 Å². The summed E-state index contributed by atoms with van der Waals surface area (Å²) in [5.74, 6) is 0.133. The fourth-order valence-corrected chi connectivity index (χ4v) is 2.27. The molecule has 1 aromatic rings. The first-order chi connectivity index (χ1) is 7.79. The van der Waals surface area contributed by atoms with Gasteiger partial charge in [-0.05, 0) is 0 Å². The lowest BCUT2D eigenvalue weighted by molar-refractivity contribution is 0.00176. The van der Waals surface area contributed by atoms with E-state index >= 15 is 0 Å². The first-order valence-corrected chi connectivity index (χ1v) is 5.86. The normalized spacial score (nSPS) is 23.5. The third kappa shape index (κ3) is 2.69. The molecule has 0 spiro atoms. The number of rotatable bonds is 3. The standard InChI is InChI=1S/C9H14N4O2S/c10-9(12-14)8-5-13(1-2-15-8)4-7-3-11-6-16-7/h3,6,8,14H,1-2,4-5H2,(H2,10,12). The lowest BCUT2D eigenvalue weighted by atomic mass is 10.2. The van der Waals surface area contributed by atoms with E-state index in [2.05, 4.69) is 15.0 Å². The van der Waals surface area contributed by atoms with Crippen molar-refractivity contribution in [3.8, 4) is 0 Å². The van der Waals surface area contributed by atoms with Crippen molar-refractivity contribution in [2.75, 3.05) is 19.7 Å². The van der Waals surface area contributed by atoms with Crippen LogP contribution in [0.15, 0.2) is 16.9 Å². The van der Waals surface area contributed by atoms with Crippen molar-refractivity contribution in [2.45, 2.75) is 12.6 Å². The van der Waals surface area contributed by atoms with Crippen LogP contribution in [0.4, 0.5) is 0 Å². The van der Waals surface area contributed by atoms with Crippen molar-refractivity contribution in [1.82, 2.24) is 9.88 Å². The summed E-state index contributed by atoms with van der Waals surface area (Å²) in [5.41, 5.74) is 7.34. The van der Waals surface area contributed by atoms with Crippen molar-refractivity contribution < 1.29 is 9.94 Å². The van der Waals surface area contributed by atoms with E-state index in [0.717, 1.165) is 13.1 Å². The Balaban J connectivity index is 1.92. The van der Waals surface area contributed by atoms with Gasteiger partial charge in [0.15, 0.2) is 5.84 Å². The minimum absolute atomic E-state index is 0.133. The average Bonchev–Trinajstić information content (AvgIpc) is 2.81. The number of ether oxygens (including phenoxy) is 1. The molecule has 1 atom stereocenters. The predicted octanol–water partition coefficient (Wildman–Crippen LogP) is 0.0903. The molecule has 0 aliphatic carbocycles. The van der Waals surface area contributed by atoms with E-state index in [-0.39, 0.29) is 11.9 Å². The van der Waals surface area contributed by atoms with Crippen molar-refractivity contribution in [3.05, 3.63) is 16.6 Å². The summed E-state index contributed by atoms with van der Waals surface area (Å²) in [4.78, 5) is 7.45. The first kappa shape index (κ1) is 11.3. The monoisotopic (exact) mass is 242 g/mol. The molecule has 0 radical (unpaired) electrons. The second-order valence-corrected chi connectivity index (χ2v) is 4.56. The maximum Gasteiger partial charge on any atom is 0.169 e. The second kappa shape index (κ2) is 5.24. The van der Waals surface area contributed by atoms with E-state index in [1.165, 1.54) is 4.88 Å². The molecule has 1 saturated heterocycles. The Hall–Kier alpha value is -1.18. The van der Waals surface area contributed by atoms with Gasteiger partial charge in [0.05, 0.1) is 12.1 Å². The quantitative estimate of drug-likeness (QED) is 0.340. The van der Waals surface area contributed by atoms with Gasteiger partial charge in [0.1, 0.15) is 6.10 Å². The van der Waals surface area contributed by atoms with E-state index in [1.54, 1.807) is 11.3 Å². The van der Waals surface area contributed by atoms with Gasteiger partial charge < -0.3 is 15.7 Å². The number of thiazole rings is 1. The molecule has 0 amide bonds. The van der Waals surface area contributed by atoms with Crippen LogP contribution in [-0.2, 0) is 11.3 Å². The molecular formula is C9H14N4O2S. The number of nitrogens with two attached hydrogens (primary N) is 1. The molecule has 2 heterocycles. The number of oxime groups is 1. The van der Waals surface area contributed by atoms with Crippen LogP contribution >= 0.6 is 11.3 Å². The highest BCUT2D eigenvalue weighted by Gasteiger charge is 2.23. The predicted molar refractivity (Wildman–Crippen MR) is 60.5 cm³/mol.